The lowest BCUT2D eigenvalue weighted by Gasteiger charge is -2.17. The van der Waals surface area contributed by atoms with Crippen LogP contribution in [0.2, 0.25) is 0 Å². The summed E-state index contributed by atoms with van der Waals surface area (Å²) in [6, 6.07) is 18.4. The molecule has 6 nitrogen and oxygen atoms in total. The van der Waals surface area contributed by atoms with Crippen LogP contribution in [0.15, 0.2) is 77.0 Å². The van der Waals surface area contributed by atoms with Crippen molar-refractivity contribution in [2.45, 2.75) is 10.8 Å². The minimum atomic E-state index is -3.76. The summed E-state index contributed by atoms with van der Waals surface area (Å²) in [5, 5.41) is 12.7. The SMILES string of the molecule is O=[N+]([O-])c1ccc(S(=O)(=O)NCC(c2ccccc2)c2cccs2)cc1. The molecule has 0 bridgehead atoms. The molecule has 8 heteroatoms. The number of hydrogen-bond acceptors (Lipinski definition) is 5. The van der Waals surface area contributed by atoms with Gasteiger partial charge in [-0.15, -0.1) is 11.3 Å². The molecule has 134 valence electrons. The normalized spacial score (nSPS) is 12.6. The van der Waals surface area contributed by atoms with E-state index < -0.39 is 14.9 Å². The van der Waals surface area contributed by atoms with Crippen LogP contribution in [-0.4, -0.2) is 19.9 Å². The number of nitrogens with zero attached hydrogens (tertiary/aromatic N) is 1. The number of sulfonamides is 1. The number of rotatable bonds is 7. The molecule has 0 aliphatic heterocycles. The molecule has 0 fully saturated rings. The first kappa shape index (κ1) is 18.2. The van der Waals surface area contributed by atoms with E-state index in [1.807, 2.05) is 47.8 Å². The van der Waals surface area contributed by atoms with E-state index in [2.05, 4.69) is 4.72 Å². The smallest absolute Gasteiger partial charge is 0.258 e. The van der Waals surface area contributed by atoms with Gasteiger partial charge in [-0.3, -0.25) is 10.1 Å². The molecule has 0 saturated carbocycles. The summed E-state index contributed by atoms with van der Waals surface area (Å²) in [5.41, 5.74) is 0.867. The Kier molecular flexibility index (Phi) is 5.46. The molecule has 2 aromatic carbocycles. The first-order chi connectivity index (χ1) is 12.5. The van der Waals surface area contributed by atoms with Gasteiger partial charge in [0.05, 0.1) is 9.82 Å². The van der Waals surface area contributed by atoms with Crippen LogP contribution in [0.5, 0.6) is 0 Å². The van der Waals surface area contributed by atoms with Crippen molar-refractivity contribution in [1.29, 1.82) is 0 Å². The second-order valence-corrected chi connectivity index (χ2v) is 8.33. The van der Waals surface area contributed by atoms with Crippen LogP contribution in [-0.2, 0) is 10.0 Å². The van der Waals surface area contributed by atoms with Gasteiger partial charge < -0.3 is 0 Å². The summed E-state index contributed by atoms with van der Waals surface area (Å²) in [5.74, 6) is -0.107. The first-order valence-corrected chi connectivity index (χ1v) is 10.2. The molecule has 1 aromatic heterocycles. The summed E-state index contributed by atoms with van der Waals surface area (Å²) < 4.78 is 27.7. The minimum Gasteiger partial charge on any atom is -0.258 e. The number of benzene rings is 2. The maximum Gasteiger partial charge on any atom is 0.269 e. The van der Waals surface area contributed by atoms with Gasteiger partial charge in [-0.1, -0.05) is 36.4 Å². The molecule has 1 heterocycles. The molecule has 0 aliphatic carbocycles. The third kappa shape index (κ3) is 4.16. The van der Waals surface area contributed by atoms with Crippen LogP contribution in [0.4, 0.5) is 5.69 Å². The van der Waals surface area contributed by atoms with E-state index in [1.54, 1.807) is 11.3 Å². The highest BCUT2D eigenvalue weighted by Crippen LogP contribution is 2.28. The highest BCUT2D eigenvalue weighted by atomic mass is 32.2. The van der Waals surface area contributed by atoms with E-state index >= 15 is 0 Å². The van der Waals surface area contributed by atoms with E-state index in [0.717, 1.165) is 10.4 Å². The highest BCUT2D eigenvalue weighted by Gasteiger charge is 2.21. The van der Waals surface area contributed by atoms with Crippen LogP contribution in [0.1, 0.15) is 16.4 Å². The number of nitrogens with one attached hydrogen (secondary N) is 1. The quantitative estimate of drug-likeness (QED) is 0.493. The van der Waals surface area contributed by atoms with Crippen LogP contribution >= 0.6 is 11.3 Å². The average molecular weight is 388 g/mol. The topological polar surface area (TPSA) is 89.3 Å². The van der Waals surface area contributed by atoms with Crippen molar-refractivity contribution in [3.8, 4) is 0 Å². The molecule has 26 heavy (non-hydrogen) atoms. The van der Waals surface area contributed by atoms with Crippen molar-refractivity contribution >= 4 is 27.0 Å². The third-order valence-corrected chi connectivity index (χ3v) is 6.35. The molecule has 3 rings (SSSR count). The molecule has 1 N–H and O–H groups in total. The van der Waals surface area contributed by atoms with E-state index in [9.17, 15) is 18.5 Å². The van der Waals surface area contributed by atoms with Crippen molar-refractivity contribution < 1.29 is 13.3 Å². The molecular weight excluding hydrogens is 372 g/mol. The number of hydrogen-bond donors (Lipinski definition) is 1. The van der Waals surface area contributed by atoms with Gasteiger partial charge in [-0.2, -0.15) is 0 Å². The first-order valence-electron chi connectivity index (χ1n) is 7.80. The largest absolute Gasteiger partial charge is 0.269 e. The zero-order chi connectivity index (χ0) is 18.6. The fourth-order valence-electron chi connectivity index (χ4n) is 2.58. The lowest BCUT2D eigenvalue weighted by molar-refractivity contribution is -0.384. The summed E-state index contributed by atoms with van der Waals surface area (Å²) in [7, 11) is -3.76. The number of non-ortho nitro benzene ring substituents is 1. The number of thiophene rings is 1. The Morgan fingerprint density at radius 3 is 2.27 bits per heavy atom. The zero-order valence-electron chi connectivity index (χ0n) is 13.6. The van der Waals surface area contributed by atoms with Crippen molar-refractivity contribution in [3.05, 3.63) is 92.7 Å². The summed E-state index contributed by atoms with van der Waals surface area (Å²) >= 11 is 1.57. The monoisotopic (exact) mass is 388 g/mol. The number of nitro groups is 1. The van der Waals surface area contributed by atoms with Crippen LogP contribution in [0, 0.1) is 10.1 Å². The Morgan fingerprint density at radius 1 is 1.00 bits per heavy atom. The van der Waals surface area contributed by atoms with Crippen molar-refractivity contribution in [1.82, 2.24) is 4.72 Å². The van der Waals surface area contributed by atoms with Gasteiger partial charge in [0.2, 0.25) is 10.0 Å². The standard InChI is InChI=1S/C18H16N2O4S2/c21-20(22)15-8-10-16(11-9-15)26(23,24)19-13-17(18-7-4-12-25-18)14-5-2-1-3-6-14/h1-12,17,19H,13H2. The van der Waals surface area contributed by atoms with E-state index in [4.69, 9.17) is 0 Å². The molecule has 3 aromatic rings. The van der Waals surface area contributed by atoms with E-state index in [0.29, 0.717) is 0 Å². The maximum absolute atomic E-state index is 12.5. The van der Waals surface area contributed by atoms with Gasteiger partial charge in [0.25, 0.3) is 5.69 Å². The Labute approximate surface area is 155 Å². The van der Waals surface area contributed by atoms with Gasteiger partial charge in [-0.05, 0) is 29.1 Å². The molecule has 0 amide bonds. The van der Waals surface area contributed by atoms with Crippen molar-refractivity contribution in [2.24, 2.45) is 0 Å². The van der Waals surface area contributed by atoms with Gasteiger partial charge in [0.15, 0.2) is 0 Å². The lowest BCUT2D eigenvalue weighted by Crippen LogP contribution is -2.28. The van der Waals surface area contributed by atoms with Gasteiger partial charge in [-0.25, -0.2) is 13.1 Å². The average Bonchev–Trinajstić information content (AvgIpc) is 3.17. The van der Waals surface area contributed by atoms with Gasteiger partial charge in [0, 0.05) is 29.5 Å². The second-order valence-electron chi connectivity index (χ2n) is 5.58. The summed E-state index contributed by atoms with van der Waals surface area (Å²) in [6.07, 6.45) is 0. The summed E-state index contributed by atoms with van der Waals surface area (Å²) in [4.78, 5) is 11.2. The summed E-state index contributed by atoms with van der Waals surface area (Å²) in [6.45, 7) is 0.198. The number of nitro benzene ring substituents is 1. The molecule has 0 radical (unpaired) electrons. The molecule has 0 spiro atoms. The van der Waals surface area contributed by atoms with Gasteiger partial charge in [0.1, 0.15) is 0 Å². The molecule has 1 atom stereocenters. The third-order valence-electron chi connectivity index (χ3n) is 3.92. The predicted molar refractivity (Wildman–Crippen MR) is 101 cm³/mol. The van der Waals surface area contributed by atoms with Gasteiger partial charge >= 0.3 is 0 Å². The zero-order valence-corrected chi connectivity index (χ0v) is 15.2. The van der Waals surface area contributed by atoms with Crippen LogP contribution in [0.3, 0.4) is 0 Å². The Hall–Kier alpha value is -2.55. The lowest BCUT2D eigenvalue weighted by atomic mass is 9.98. The van der Waals surface area contributed by atoms with E-state index in [-0.39, 0.29) is 23.0 Å². The second kappa shape index (κ2) is 7.77. The van der Waals surface area contributed by atoms with Crippen LogP contribution < -0.4 is 4.72 Å². The fraction of sp³-hybridized carbons (Fsp3) is 0.111. The van der Waals surface area contributed by atoms with Crippen LogP contribution in [0.25, 0.3) is 0 Å². The van der Waals surface area contributed by atoms with Crippen molar-refractivity contribution in [3.63, 3.8) is 0 Å². The Morgan fingerprint density at radius 2 is 1.69 bits per heavy atom. The maximum atomic E-state index is 12.5. The fourth-order valence-corrected chi connectivity index (χ4v) is 4.48. The molecular formula is C18H16N2O4S2. The predicted octanol–water partition coefficient (Wildman–Crippen LogP) is 3.77. The van der Waals surface area contributed by atoms with E-state index in [1.165, 1.54) is 24.3 Å². The molecule has 0 saturated heterocycles. The Bertz CT molecular complexity index is 970. The van der Waals surface area contributed by atoms with Crippen molar-refractivity contribution in [2.75, 3.05) is 6.54 Å². The molecule has 1 unspecified atom stereocenters. The molecule has 0 aliphatic rings. The minimum absolute atomic E-state index is 0.00101. The Balaban J connectivity index is 1.81. The highest BCUT2D eigenvalue weighted by molar-refractivity contribution is 7.89.